The summed E-state index contributed by atoms with van der Waals surface area (Å²) in [6.07, 6.45) is 12.9. The molecule has 0 bridgehead atoms. The second kappa shape index (κ2) is 24.3. The summed E-state index contributed by atoms with van der Waals surface area (Å²) in [5.41, 5.74) is 2.33. The number of hydrogen-bond donors (Lipinski definition) is 0. The lowest BCUT2D eigenvalue weighted by Gasteiger charge is -2.18. The van der Waals surface area contributed by atoms with Crippen molar-refractivity contribution in [3.8, 4) is 46.2 Å². The molecule has 0 radical (unpaired) electrons. The first kappa shape index (κ1) is 55.9. The first-order valence-corrected chi connectivity index (χ1v) is 28.3. The Morgan fingerprint density at radius 3 is 1.21 bits per heavy atom. The van der Waals surface area contributed by atoms with Gasteiger partial charge in [-0.2, -0.15) is 10.5 Å². The predicted octanol–water partition coefficient (Wildman–Crippen LogP) is 16.1. The maximum absolute atomic E-state index is 16.7. The number of aromatic nitrogens is 4. The van der Waals surface area contributed by atoms with Gasteiger partial charge in [0.15, 0.2) is 0 Å². The van der Waals surface area contributed by atoms with Gasteiger partial charge in [-0.3, -0.25) is 17.3 Å². The number of nitrogens with zero attached hydrogens (tertiary/aromatic N) is 6. The highest BCUT2D eigenvalue weighted by Gasteiger charge is 2.37. The van der Waals surface area contributed by atoms with E-state index in [2.05, 4.69) is 67.5 Å². The van der Waals surface area contributed by atoms with Crippen LogP contribution in [0.4, 0.5) is 17.3 Å². The van der Waals surface area contributed by atoms with Gasteiger partial charge in [-0.05, 0) is 119 Å². The van der Waals surface area contributed by atoms with Crippen molar-refractivity contribution in [2.24, 2.45) is 0 Å². The number of halogens is 4. The Morgan fingerprint density at radius 2 is 0.882 bits per heavy atom. The summed E-state index contributed by atoms with van der Waals surface area (Å²) >= 11 is 2.34. The highest BCUT2D eigenvalue weighted by Crippen LogP contribution is 2.40. The fourth-order valence-corrected chi connectivity index (χ4v) is 11.8. The zero-order valence-corrected chi connectivity index (χ0v) is 46.6. The first-order chi connectivity index (χ1) is 36.5. The van der Waals surface area contributed by atoms with Crippen molar-refractivity contribution in [2.45, 2.75) is 143 Å². The van der Waals surface area contributed by atoms with Gasteiger partial charge in [-0.15, -0.1) is 22.7 Å². The zero-order valence-electron chi connectivity index (χ0n) is 45.0. The van der Waals surface area contributed by atoms with Crippen molar-refractivity contribution in [1.82, 2.24) is 18.9 Å². The van der Waals surface area contributed by atoms with Gasteiger partial charge in [0.25, 0.3) is 0 Å². The normalized spacial score (nSPS) is 12.8. The quantitative estimate of drug-likeness (QED) is 0.0381. The molecule has 0 aliphatic heterocycles. The molecule has 394 valence electrons. The van der Waals surface area contributed by atoms with Gasteiger partial charge in [0.05, 0.1) is 55.7 Å². The highest BCUT2D eigenvalue weighted by molar-refractivity contribution is 7.20. The van der Waals surface area contributed by atoms with Crippen LogP contribution in [0.15, 0.2) is 84.9 Å². The highest BCUT2D eigenvalue weighted by atomic mass is 32.1. The number of nitriles is 2. The molecule has 0 unspecified atom stereocenters. The molecule has 16 heteroatoms. The number of fused-ring (bicyclic) bond motifs is 3. The average Bonchev–Trinajstić information content (AvgIpc) is 4.28. The fourth-order valence-electron chi connectivity index (χ4n) is 9.81. The molecule has 0 spiro atoms. The lowest BCUT2D eigenvalue weighted by Crippen LogP contribution is -2.32. The number of thiazole rings is 2. The minimum Gasteiger partial charge on any atom is -0.494 e. The maximum Gasteiger partial charge on any atom is 0.678 e. The van der Waals surface area contributed by atoms with E-state index in [4.69, 9.17) is 19.4 Å². The van der Waals surface area contributed by atoms with Gasteiger partial charge in [0.2, 0.25) is 0 Å². The number of hydrogen-bond acceptors (Lipinski definition) is 8. The molecule has 0 saturated carbocycles. The maximum atomic E-state index is 16.7. The van der Waals surface area contributed by atoms with Gasteiger partial charge in [-0.25, -0.2) is 9.97 Å². The van der Waals surface area contributed by atoms with E-state index < -0.39 is 14.8 Å². The van der Waals surface area contributed by atoms with E-state index in [1.807, 2.05) is 36.4 Å². The van der Waals surface area contributed by atoms with Gasteiger partial charge in [0.1, 0.15) is 44.8 Å². The predicted molar refractivity (Wildman–Crippen MR) is 307 cm³/mol. The van der Waals surface area contributed by atoms with Crippen molar-refractivity contribution in [3.63, 3.8) is 0 Å². The summed E-state index contributed by atoms with van der Waals surface area (Å²) in [5, 5.41) is 22.3. The molecule has 4 aromatic heterocycles. The van der Waals surface area contributed by atoms with Crippen LogP contribution in [0.2, 0.25) is 0 Å². The summed E-state index contributed by atoms with van der Waals surface area (Å²) in [5.74, 6) is 1.02. The summed E-state index contributed by atoms with van der Waals surface area (Å²) in [6.45, 7) is 17.7. The Kier molecular flexibility index (Phi) is 17.9. The van der Waals surface area contributed by atoms with E-state index in [-0.39, 0.29) is 76.0 Å². The van der Waals surface area contributed by atoms with Crippen molar-refractivity contribution < 1.29 is 26.7 Å². The SMILES string of the molecule is CCCCCCCCOc1ccc(-c2c3/c(=C(\C#N)c4nc5ccc(C(C)(C)C)cc5s4)n(B(F)F)c(-c4ccc(OCCCCCCCC)cc4)c3/c(=C(\C#N)c3nc4ccc(C(C)(C)C)cc4s3)n2B(F)F)cc1. The summed E-state index contributed by atoms with van der Waals surface area (Å²) in [4.78, 5) is 9.74. The largest absolute Gasteiger partial charge is 0.678 e. The summed E-state index contributed by atoms with van der Waals surface area (Å²) < 4.78 is 82.1. The minimum absolute atomic E-state index is 0.0650. The molecule has 4 aromatic carbocycles. The molecule has 0 aliphatic carbocycles. The Morgan fingerprint density at radius 1 is 0.526 bits per heavy atom. The van der Waals surface area contributed by atoms with Crippen molar-refractivity contribution >= 4 is 79.8 Å². The van der Waals surface area contributed by atoms with E-state index >= 15 is 17.3 Å². The molecule has 8 nitrogen and oxygen atoms in total. The third-order valence-corrected chi connectivity index (χ3v) is 16.0. The molecular weight excluding hydrogens is 998 g/mol. The average molecular weight is 1060 g/mol. The smallest absolute Gasteiger partial charge is 0.494 e. The molecule has 0 N–H and O–H groups in total. The molecule has 0 atom stereocenters. The first-order valence-electron chi connectivity index (χ1n) is 26.7. The van der Waals surface area contributed by atoms with Crippen LogP contribution < -0.4 is 20.2 Å². The number of rotatable bonds is 22. The number of ether oxygens (including phenoxy) is 2. The van der Waals surface area contributed by atoms with Gasteiger partial charge in [0, 0.05) is 10.8 Å². The Balaban J connectivity index is 1.46. The molecular formula is C60H66B2F4N6O2S2. The minimum atomic E-state index is -3.31. The second-order valence-corrected chi connectivity index (χ2v) is 23.7. The molecule has 0 saturated heterocycles. The summed E-state index contributed by atoms with van der Waals surface area (Å²) in [6, 6.07) is 29.3. The van der Waals surface area contributed by atoms with Crippen LogP contribution in [-0.2, 0) is 10.8 Å². The summed E-state index contributed by atoms with van der Waals surface area (Å²) in [7, 11) is -6.62. The Hall–Kier alpha value is -6.35. The zero-order chi connectivity index (χ0) is 54.3. The van der Waals surface area contributed by atoms with Crippen LogP contribution in [0.1, 0.15) is 154 Å². The molecule has 0 fully saturated rings. The van der Waals surface area contributed by atoms with Crippen molar-refractivity contribution in [2.75, 3.05) is 13.2 Å². The standard InChI is InChI=1S/C60H66B2F4N6O2S2/c1-9-11-13-15-17-19-33-73-43-27-21-39(22-28-43)53-51-52(56(71(53)61(63)64)46(38-68)58-70-48-32-26-42(60(6,7)8)36-50(48)76-58)54(40-23-29-44(30-24-40)74-34-20-18-16-14-12-10-2)72(62(65)66)55(51)45(37-67)57-69-47-31-25-41(59(3,4)5)35-49(47)75-57/h21-32,35-36H,9-20,33-34H2,1-8H3/b55-45-,56-46-. The van der Waals surface area contributed by atoms with Crippen LogP contribution in [-0.4, -0.2) is 46.9 Å². The third-order valence-electron chi connectivity index (χ3n) is 14.0. The molecule has 76 heavy (non-hydrogen) atoms. The molecule has 8 rings (SSSR count). The van der Waals surface area contributed by atoms with Crippen LogP contribution in [0, 0.1) is 22.7 Å². The van der Waals surface area contributed by atoms with Crippen molar-refractivity contribution in [3.05, 3.63) is 117 Å². The monoisotopic (exact) mass is 1060 g/mol. The Bertz CT molecular complexity index is 3300. The third kappa shape index (κ3) is 12.1. The second-order valence-electron chi connectivity index (χ2n) is 21.6. The van der Waals surface area contributed by atoms with Crippen LogP contribution in [0.5, 0.6) is 11.5 Å². The van der Waals surface area contributed by atoms with E-state index in [1.54, 1.807) is 48.5 Å². The topological polar surface area (TPSA) is 102 Å². The molecule has 0 amide bonds. The van der Waals surface area contributed by atoms with Gasteiger partial charge >= 0.3 is 14.8 Å². The number of unbranched alkanes of at least 4 members (excludes halogenated alkanes) is 10. The van der Waals surface area contributed by atoms with Crippen molar-refractivity contribution in [1.29, 1.82) is 10.5 Å². The van der Waals surface area contributed by atoms with E-state index in [0.29, 0.717) is 35.7 Å². The van der Waals surface area contributed by atoms with Crippen LogP contribution in [0.3, 0.4) is 0 Å². The van der Waals surface area contributed by atoms with E-state index in [1.165, 1.54) is 35.5 Å². The van der Waals surface area contributed by atoms with E-state index in [9.17, 15) is 10.5 Å². The van der Waals surface area contributed by atoms with E-state index in [0.717, 1.165) is 93.7 Å². The molecule has 4 heterocycles. The lowest BCUT2D eigenvalue weighted by molar-refractivity contribution is 0.304. The van der Waals surface area contributed by atoms with Crippen LogP contribution in [0.25, 0.3) is 64.9 Å². The lowest BCUT2D eigenvalue weighted by atomic mass is 9.87. The van der Waals surface area contributed by atoms with Gasteiger partial charge < -0.3 is 18.4 Å². The molecule has 0 aliphatic rings. The fraction of sp³-hybridized carbons (Fsp3) is 0.400. The Labute approximate surface area is 453 Å². The van der Waals surface area contributed by atoms with Gasteiger partial charge in [-0.1, -0.05) is 132 Å². The number of benzene rings is 4. The molecule has 8 aromatic rings. The van der Waals surface area contributed by atoms with Crippen LogP contribution >= 0.6 is 22.7 Å².